The highest BCUT2D eigenvalue weighted by Gasteiger charge is 2.22. The van der Waals surface area contributed by atoms with Crippen molar-refractivity contribution in [3.8, 4) is 0 Å². The first kappa shape index (κ1) is 16.1. The fourth-order valence-electron chi connectivity index (χ4n) is 2.78. The minimum Gasteiger partial charge on any atom is -0.397 e. The van der Waals surface area contributed by atoms with Crippen LogP contribution in [0.25, 0.3) is 0 Å². The number of halogens is 1. The molecule has 1 aliphatic rings. The summed E-state index contributed by atoms with van der Waals surface area (Å²) in [6, 6.07) is 5.00. The van der Waals surface area contributed by atoms with Crippen LogP contribution in [0.15, 0.2) is 18.2 Å². The van der Waals surface area contributed by atoms with Gasteiger partial charge in [-0.3, -0.25) is 4.79 Å². The van der Waals surface area contributed by atoms with Crippen LogP contribution in [0.3, 0.4) is 0 Å². The molecule has 0 aliphatic heterocycles. The van der Waals surface area contributed by atoms with Crippen molar-refractivity contribution < 1.29 is 9.53 Å². The molecular formula is C16H23ClN2O2. The summed E-state index contributed by atoms with van der Waals surface area (Å²) in [7, 11) is 0. The van der Waals surface area contributed by atoms with Crippen molar-refractivity contribution >= 4 is 28.9 Å². The lowest BCUT2D eigenvalue weighted by Crippen LogP contribution is -2.27. The summed E-state index contributed by atoms with van der Waals surface area (Å²) in [5.74, 6) is 0.540. The average molecular weight is 311 g/mol. The molecule has 0 bridgehead atoms. The van der Waals surface area contributed by atoms with Crippen LogP contribution < -0.4 is 11.1 Å². The van der Waals surface area contributed by atoms with Crippen LogP contribution in [0.1, 0.15) is 39.0 Å². The van der Waals surface area contributed by atoms with Gasteiger partial charge < -0.3 is 15.8 Å². The Balaban J connectivity index is 1.80. The number of nitrogens with two attached hydrogens (primary N) is 1. The van der Waals surface area contributed by atoms with Crippen LogP contribution in [0.4, 0.5) is 11.4 Å². The molecular weight excluding hydrogens is 288 g/mol. The first-order chi connectivity index (χ1) is 10.1. The van der Waals surface area contributed by atoms with Crippen molar-refractivity contribution in [2.75, 3.05) is 17.7 Å². The Bertz CT molecular complexity index is 493. The summed E-state index contributed by atoms with van der Waals surface area (Å²) in [5.41, 5.74) is 6.83. The Morgan fingerprint density at radius 1 is 1.48 bits per heavy atom. The lowest BCUT2D eigenvalue weighted by molar-refractivity contribution is -0.123. The van der Waals surface area contributed by atoms with Gasteiger partial charge in [0.05, 0.1) is 17.5 Å². The summed E-state index contributed by atoms with van der Waals surface area (Å²) in [5, 5.41) is 3.28. The smallest absolute Gasteiger partial charge is 0.250 e. The van der Waals surface area contributed by atoms with Crippen LogP contribution >= 0.6 is 11.6 Å². The SMILES string of the molecule is CCC1CCCC(OCC(=O)Nc2cc(Cl)ccc2N)C1. The molecule has 2 atom stereocenters. The third kappa shape index (κ3) is 4.90. The summed E-state index contributed by atoms with van der Waals surface area (Å²) >= 11 is 5.89. The normalized spacial score (nSPS) is 22.0. The van der Waals surface area contributed by atoms with E-state index in [0.717, 1.165) is 18.8 Å². The number of carbonyl (C=O) groups excluding carboxylic acids is 1. The number of nitrogens with one attached hydrogen (secondary N) is 1. The fourth-order valence-corrected chi connectivity index (χ4v) is 2.95. The average Bonchev–Trinajstić information content (AvgIpc) is 2.49. The largest absolute Gasteiger partial charge is 0.397 e. The van der Waals surface area contributed by atoms with Crippen LogP contribution in [0.2, 0.25) is 5.02 Å². The highest BCUT2D eigenvalue weighted by atomic mass is 35.5. The zero-order valence-electron chi connectivity index (χ0n) is 12.4. The van der Waals surface area contributed by atoms with E-state index >= 15 is 0 Å². The molecule has 116 valence electrons. The lowest BCUT2D eigenvalue weighted by atomic mass is 9.85. The number of hydrogen-bond donors (Lipinski definition) is 2. The molecule has 1 saturated carbocycles. The molecule has 0 spiro atoms. The maximum absolute atomic E-state index is 11.9. The molecule has 5 heteroatoms. The Kier molecular flexibility index (Phi) is 5.88. The Hall–Kier alpha value is -1.26. The maximum Gasteiger partial charge on any atom is 0.250 e. The van der Waals surface area contributed by atoms with E-state index in [1.807, 2.05) is 0 Å². The monoisotopic (exact) mass is 310 g/mol. The van der Waals surface area contributed by atoms with Crippen molar-refractivity contribution in [2.24, 2.45) is 5.92 Å². The van der Waals surface area contributed by atoms with Crippen molar-refractivity contribution in [3.05, 3.63) is 23.2 Å². The quantitative estimate of drug-likeness (QED) is 0.812. The van der Waals surface area contributed by atoms with Gasteiger partial charge in [0, 0.05) is 5.02 Å². The highest BCUT2D eigenvalue weighted by molar-refractivity contribution is 6.31. The number of anilines is 2. The van der Waals surface area contributed by atoms with Crippen molar-refractivity contribution in [1.29, 1.82) is 0 Å². The predicted octanol–water partition coefficient (Wildman–Crippen LogP) is 3.85. The minimum atomic E-state index is -0.192. The van der Waals surface area contributed by atoms with Gasteiger partial charge >= 0.3 is 0 Å². The summed E-state index contributed by atoms with van der Waals surface area (Å²) in [6.07, 6.45) is 5.96. The number of hydrogen-bond acceptors (Lipinski definition) is 3. The molecule has 3 N–H and O–H groups in total. The first-order valence-electron chi connectivity index (χ1n) is 7.55. The number of amides is 1. The molecule has 2 unspecified atom stereocenters. The summed E-state index contributed by atoms with van der Waals surface area (Å²) in [4.78, 5) is 11.9. The van der Waals surface area contributed by atoms with Gasteiger partial charge in [-0.05, 0) is 37.0 Å². The van der Waals surface area contributed by atoms with Crippen LogP contribution in [0.5, 0.6) is 0 Å². The molecule has 21 heavy (non-hydrogen) atoms. The van der Waals surface area contributed by atoms with Crippen molar-refractivity contribution in [3.63, 3.8) is 0 Å². The first-order valence-corrected chi connectivity index (χ1v) is 7.92. The molecule has 1 amide bonds. The molecule has 1 fully saturated rings. The van der Waals surface area contributed by atoms with Crippen LogP contribution in [-0.4, -0.2) is 18.6 Å². The number of nitrogen functional groups attached to an aromatic ring is 1. The molecule has 4 nitrogen and oxygen atoms in total. The van der Waals surface area contributed by atoms with Crippen LogP contribution in [-0.2, 0) is 9.53 Å². The third-order valence-corrected chi connectivity index (χ3v) is 4.29. The Morgan fingerprint density at radius 2 is 2.29 bits per heavy atom. The molecule has 1 aliphatic carbocycles. The van der Waals surface area contributed by atoms with E-state index in [0.29, 0.717) is 16.4 Å². The number of ether oxygens (including phenoxy) is 1. The second-order valence-corrected chi connectivity index (χ2v) is 6.09. The lowest BCUT2D eigenvalue weighted by Gasteiger charge is -2.28. The second-order valence-electron chi connectivity index (χ2n) is 5.65. The second kappa shape index (κ2) is 7.66. The molecule has 1 aromatic rings. The molecule has 2 rings (SSSR count). The predicted molar refractivity (Wildman–Crippen MR) is 86.5 cm³/mol. The topological polar surface area (TPSA) is 64.3 Å². The Morgan fingerprint density at radius 3 is 3.05 bits per heavy atom. The third-order valence-electron chi connectivity index (χ3n) is 4.05. The molecule has 0 radical (unpaired) electrons. The van der Waals surface area contributed by atoms with Crippen molar-refractivity contribution in [2.45, 2.75) is 45.1 Å². The van der Waals surface area contributed by atoms with Crippen molar-refractivity contribution in [1.82, 2.24) is 0 Å². The van der Waals surface area contributed by atoms with Gasteiger partial charge in [-0.1, -0.05) is 37.8 Å². The fraction of sp³-hybridized carbons (Fsp3) is 0.562. The number of rotatable bonds is 5. The number of carbonyl (C=O) groups is 1. The van der Waals surface area contributed by atoms with E-state index < -0.39 is 0 Å². The standard InChI is InChI=1S/C16H23ClN2O2/c1-2-11-4-3-5-13(8-11)21-10-16(20)19-15-9-12(17)6-7-14(15)18/h6-7,9,11,13H,2-5,8,10,18H2,1H3,(H,19,20). The summed E-state index contributed by atoms with van der Waals surface area (Å²) in [6.45, 7) is 2.27. The highest BCUT2D eigenvalue weighted by Crippen LogP contribution is 2.28. The minimum absolute atomic E-state index is 0.0626. The molecule has 0 saturated heterocycles. The van der Waals surface area contributed by atoms with E-state index in [1.165, 1.54) is 19.3 Å². The van der Waals surface area contributed by atoms with Gasteiger partial charge in [0.1, 0.15) is 6.61 Å². The van der Waals surface area contributed by atoms with Gasteiger partial charge in [-0.15, -0.1) is 0 Å². The maximum atomic E-state index is 11.9. The van der Waals surface area contributed by atoms with E-state index in [9.17, 15) is 4.79 Å². The molecule has 1 aromatic carbocycles. The van der Waals surface area contributed by atoms with Gasteiger partial charge in [-0.2, -0.15) is 0 Å². The summed E-state index contributed by atoms with van der Waals surface area (Å²) < 4.78 is 5.73. The zero-order valence-corrected chi connectivity index (χ0v) is 13.2. The van der Waals surface area contributed by atoms with Gasteiger partial charge in [0.15, 0.2) is 0 Å². The van der Waals surface area contributed by atoms with E-state index in [1.54, 1.807) is 18.2 Å². The van der Waals surface area contributed by atoms with Gasteiger partial charge in [-0.25, -0.2) is 0 Å². The van der Waals surface area contributed by atoms with E-state index in [4.69, 9.17) is 22.1 Å². The van der Waals surface area contributed by atoms with Crippen LogP contribution in [0, 0.1) is 5.92 Å². The van der Waals surface area contributed by atoms with Gasteiger partial charge in [0.2, 0.25) is 5.91 Å². The van der Waals surface area contributed by atoms with Gasteiger partial charge in [0.25, 0.3) is 0 Å². The number of benzene rings is 1. The van der Waals surface area contributed by atoms with E-state index in [2.05, 4.69) is 12.2 Å². The zero-order chi connectivity index (χ0) is 15.2. The molecule has 0 heterocycles. The Labute approximate surface area is 131 Å². The molecule has 0 aromatic heterocycles. The van der Waals surface area contributed by atoms with E-state index in [-0.39, 0.29) is 18.6 Å².